The lowest BCUT2D eigenvalue weighted by atomic mass is 9.89. The predicted octanol–water partition coefficient (Wildman–Crippen LogP) is 4.35. The highest BCUT2D eigenvalue weighted by atomic mass is 16.5. The summed E-state index contributed by atoms with van der Waals surface area (Å²) in [7, 11) is 3.14. The fourth-order valence-electron chi connectivity index (χ4n) is 4.45. The monoisotopic (exact) mass is 559 g/mol. The molecule has 1 heterocycles. The molecule has 11 nitrogen and oxygen atoms in total. The van der Waals surface area contributed by atoms with Crippen molar-refractivity contribution in [3.63, 3.8) is 0 Å². The van der Waals surface area contributed by atoms with Crippen LogP contribution in [0.4, 0.5) is 0 Å². The molecule has 0 aromatic heterocycles. The van der Waals surface area contributed by atoms with Crippen LogP contribution in [0.1, 0.15) is 28.7 Å². The summed E-state index contributed by atoms with van der Waals surface area (Å²) in [5.41, 5.74) is 10.7. The summed E-state index contributed by atoms with van der Waals surface area (Å²) in [6.45, 7) is 0.873. The van der Waals surface area contributed by atoms with Crippen molar-refractivity contribution in [1.29, 1.82) is 0 Å². The number of aliphatic hydroxyl groups is 1. The zero-order valence-corrected chi connectivity index (χ0v) is 23.1. The number of ether oxygens (including phenoxy) is 4. The van der Waals surface area contributed by atoms with Gasteiger partial charge in [0.15, 0.2) is 5.54 Å². The van der Waals surface area contributed by atoms with E-state index in [0.717, 1.165) is 16.7 Å². The molecule has 0 fully saturated rings. The van der Waals surface area contributed by atoms with Crippen LogP contribution in [0.25, 0.3) is 10.4 Å². The molecule has 0 aliphatic carbocycles. The van der Waals surface area contributed by atoms with Crippen LogP contribution < -0.4 is 19.5 Å². The van der Waals surface area contributed by atoms with Crippen LogP contribution in [-0.4, -0.2) is 56.5 Å². The van der Waals surface area contributed by atoms with Gasteiger partial charge in [-0.2, -0.15) is 0 Å². The lowest BCUT2D eigenvalue weighted by Crippen LogP contribution is -2.48. The number of nitrogens with one attached hydrogen (secondary N) is 1. The largest absolute Gasteiger partial charge is 0.497 e. The molecule has 1 aliphatic heterocycles. The molecule has 1 aliphatic rings. The molecule has 0 saturated carbocycles. The number of hydrogen-bond acceptors (Lipinski definition) is 8. The van der Waals surface area contributed by atoms with Gasteiger partial charge >= 0.3 is 0 Å². The average Bonchev–Trinajstić information content (AvgIpc) is 3.44. The Kier molecular flexibility index (Phi) is 10.0. The molecule has 3 aromatic rings. The fraction of sp³-hybridized carbons (Fsp3) is 0.333. The number of hydrogen-bond donors (Lipinski definition) is 2. The minimum atomic E-state index is -1.26. The Morgan fingerprint density at radius 2 is 1.78 bits per heavy atom. The molecular formula is C30H33N5O6. The zero-order chi connectivity index (χ0) is 29.1. The molecule has 214 valence electrons. The summed E-state index contributed by atoms with van der Waals surface area (Å²) >= 11 is 0. The minimum absolute atomic E-state index is 0.0280. The van der Waals surface area contributed by atoms with Crippen LogP contribution in [0.5, 0.6) is 17.2 Å². The van der Waals surface area contributed by atoms with Gasteiger partial charge in [-0.1, -0.05) is 29.4 Å². The van der Waals surface area contributed by atoms with E-state index in [1.165, 1.54) is 0 Å². The Morgan fingerprint density at radius 1 is 1.07 bits per heavy atom. The first-order valence-electron chi connectivity index (χ1n) is 13.1. The molecule has 0 spiro atoms. The Balaban J connectivity index is 1.62. The highest BCUT2D eigenvalue weighted by Gasteiger charge is 2.44. The second kappa shape index (κ2) is 14.1. The van der Waals surface area contributed by atoms with Gasteiger partial charge in [-0.05, 0) is 58.6 Å². The molecule has 11 heteroatoms. The number of benzene rings is 3. The van der Waals surface area contributed by atoms with Gasteiger partial charge in [0, 0.05) is 42.5 Å². The Morgan fingerprint density at radius 3 is 2.44 bits per heavy atom. The second-order valence-corrected chi connectivity index (χ2v) is 9.43. The van der Waals surface area contributed by atoms with Gasteiger partial charge in [0.25, 0.3) is 5.91 Å². The maximum atomic E-state index is 13.9. The highest BCUT2D eigenvalue weighted by molar-refractivity contribution is 6.00. The number of aliphatic imine (C=N–C) groups is 1. The standard InChI is InChI=1S/C30H33N5O6/c1-38-26-14-21(15-27(16-26)39-2)18-32-29(37)30(17-23-6-3-4-7-24(23)19-33-35-31)20-41-28(34-30)22-8-10-25(11-9-22)40-13-5-12-36/h3-4,6-11,14-16,36H,5,12-13,17-20H2,1-2H3,(H,32,37)/t30-/m1/s1. The number of rotatable bonds is 14. The van der Waals surface area contributed by atoms with E-state index >= 15 is 0 Å². The first kappa shape index (κ1) is 29.3. The van der Waals surface area contributed by atoms with Gasteiger partial charge in [0.2, 0.25) is 5.90 Å². The van der Waals surface area contributed by atoms with Gasteiger partial charge in [-0.3, -0.25) is 4.79 Å². The molecule has 0 unspecified atom stereocenters. The normalized spacial score (nSPS) is 15.7. The van der Waals surface area contributed by atoms with Crippen molar-refractivity contribution < 1.29 is 28.8 Å². The quantitative estimate of drug-likeness (QED) is 0.130. The lowest BCUT2D eigenvalue weighted by Gasteiger charge is -2.24. The predicted molar refractivity (Wildman–Crippen MR) is 153 cm³/mol. The third-order valence-corrected chi connectivity index (χ3v) is 6.63. The Hall–Kier alpha value is -4.73. The van der Waals surface area contributed by atoms with Crippen molar-refractivity contribution in [3.05, 3.63) is 99.4 Å². The third-order valence-electron chi connectivity index (χ3n) is 6.63. The number of amides is 1. The topological polar surface area (TPSA) is 147 Å². The van der Waals surface area contributed by atoms with Crippen LogP contribution in [0.3, 0.4) is 0 Å². The van der Waals surface area contributed by atoms with E-state index in [1.54, 1.807) is 32.4 Å². The summed E-state index contributed by atoms with van der Waals surface area (Å²) < 4.78 is 22.4. The number of aliphatic hydroxyl groups excluding tert-OH is 1. The number of azide groups is 1. The van der Waals surface area contributed by atoms with Crippen molar-refractivity contribution in [3.8, 4) is 17.2 Å². The Labute approximate surface area is 238 Å². The summed E-state index contributed by atoms with van der Waals surface area (Å²) in [4.78, 5) is 21.6. The number of carbonyl (C=O) groups excluding carboxylic acids is 1. The van der Waals surface area contributed by atoms with E-state index in [4.69, 9.17) is 34.6 Å². The summed E-state index contributed by atoms with van der Waals surface area (Å²) in [6.07, 6.45) is 0.780. The molecule has 0 saturated heterocycles. The molecule has 2 N–H and O–H groups in total. The average molecular weight is 560 g/mol. The number of methoxy groups -OCH3 is 2. The van der Waals surface area contributed by atoms with E-state index in [2.05, 4.69) is 15.3 Å². The highest BCUT2D eigenvalue weighted by Crippen LogP contribution is 2.30. The van der Waals surface area contributed by atoms with E-state index in [0.29, 0.717) is 41.7 Å². The summed E-state index contributed by atoms with van der Waals surface area (Å²) in [5.74, 6) is 1.92. The van der Waals surface area contributed by atoms with Gasteiger partial charge in [0.05, 0.1) is 27.4 Å². The van der Waals surface area contributed by atoms with Crippen molar-refractivity contribution in [1.82, 2.24) is 5.32 Å². The Bertz CT molecular complexity index is 1400. The smallest absolute Gasteiger partial charge is 0.252 e. The van der Waals surface area contributed by atoms with Crippen molar-refractivity contribution in [2.45, 2.75) is 31.5 Å². The molecule has 1 atom stereocenters. The summed E-state index contributed by atoms with van der Waals surface area (Å²) in [6, 6.07) is 20.1. The maximum Gasteiger partial charge on any atom is 0.252 e. The van der Waals surface area contributed by atoms with Crippen molar-refractivity contribution in [2.75, 3.05) is 34.0 Å². The van der Waals surface area contributed by atoms with Crippen LogP contribution in [0, 0.1) is 0 Å². The molecule has 4 rings (SSSR count). The van der Waals surface area contributed by atoms with Crippen LogP contribution in [0.2, 0.25) is 0 Å². The van der Waals surface area contributed by atoms with Crippen LogP contribution in [-0.2, 0) is 29.0 Å². The van der Waals surface area contributed by atoms with Crippen molar-refractivity contribution >= 4 is 11.8 Å². The maximum absolute atomic E-state index is 13.9. The minimum Gasteiger partial charge on any atom is -0.497 e. The van der Waals surface area contributed by atoms with Crippen molar-refractivity contribution in [2.24, 2.45) is 10.1 Å². The van der Waals surface area contributed by atoms with Gasteiger partial charge < -0.3 is 29.4 Å². The molecule has 0 bridgehead atoms. The fourth-order valence-corrected chi connectivity index (χ4v) is 4.45. The van der Waals surface area contributed by atoms with E-state index in [-0.39, 0.29) is 38.6 Å². The molecule has 3 aromatic carbocycles. The third kappa shape index (κ3) is 7.47. The SMILES string of the molecule is COc1cc(CNC(=O)[C@@]2(Cc3ccccc3CN=[N+]=[N-])COC(c3ccc(OCCCO)cc3)=N2)cc(OC)c1. The van der Waals surface area contributed by atoms with Gasteiger partial charge in [-0.15, -0.1) is 0 Å². The second-order valence-electron chi connectivity index (χ2n) is 9.43. The van der Waals surface area contributed by atoms with E-state index < -0.39 is 5.54 Å². The number of carbonyl (C=O) groups is 1. The zero-order valence-electron chi connectivity index (χ0n) is 23.1. The van der Waals surface area contributed by atoms with E-state index in [1.807, 2.05) is 48.5 Å². The first-order chi connectivity index (χ1) is 20.0. The van der Waals surface area contributed by atoms with Gasteiger partial charge in [-0.25, -0.2) is 4.99 Å². The lowest BCUT2D eigenvalue weighted by molar-refractivity contribution is -0.126. The molecule has 41 heavy (non-hydrogen) atoms. The van der Waals surface area contributed by atoms with Crippen LogP contribution in [0.15, 0.2) is 76.8 Å². The van der Waals surface area contributed by atoms with Crippen LogP contribution >= 0.6 is 0 Å². The first-order valence-corrected chi connectivity index (χ1v) is 13.1. The molecular weight excluding hydrogens is 526 g/mol. The van der Waals surface area contributed by atoms with Gasteiger partial charge in [0.1, 0.15) is 23.9 Å². The number of nitrogens with zero attached hydrogens (tertiary/aromatic N) is 4. The van der Waals surface area contributed by atoms with E-state index in [9.17, 15) is 4.79 Å². The molecule has 0 radical (unpaired) electrons. The molecule has 1 amide bonds. The summed E-state index contributed by atoms with van der Waals surface area (Å²) in [5, 5.41) is 15.7.